The molecule has 2 heterocycles. The van der Waals surface area contributed by atoms with Crippen LogP contribution in [0.4, 0.5) is 0 Å². The molecule has 0 aromatic carbocycles. The number of rotatable bonds is 6. The molecule has 4 heteroatoms. The largest absolute Gasteiger partial charge is 0.390 e. The highest BCUT2D eigenvalue weighted by molar-refractivity contribution is 7.99. The van der Waals surface area contributed by atoms with Crippen molar-refractivity contribution < 1.29 is 5.11 Å². The van der Waals surface area contributed by atoms with Gasteiger partial charge in [-0.3, -0.25) is 0 Å². The number of aliphatic hydroxyl groups is 1. The van der Waals surface area contributed by atoms with Crippen molar-refractivity contribution in [3.63, 3.8) is 0 Å². The Morgan fingerprint density at radius 1 is 1.24 bits per heavy atom. The number of likely N-dealkylation sites (tertiary alicyclic amines) is 1. The molecule has 2 rings (SSSR count). The monoisotopic (exact) mass is 258 g/mol. The van der Waals surface area contributed by atoms with Crippen molar-refractivity contribution in [1.29, 1.82) is 0 Å². The summed E-state index contributed by atoms with van der Waals surface area (Å²) in [7, 11) is 0. The van der Waals surface area contributed by atoms with E-state index in [1.807, 2.05) is 0 Å². The number of hydrogen-bond acceptors (Lipinski definition) is 4. The lowest BCUT2D eigenvalue weighted by atomic mass is 10.0. The molecule has 2 aliphatic heterocycles. The van der Waals surface area contributed by atoms with E-state index >= 15 is 0 Å². The minimum absolute atomic E-state index is 0.189. The summed E-state index contributed by atoms with van der Waals surface area (Å²) in [5.74, 6) is 3.49. The van der Waals surface area contributed by atoms with Crippen molar-refractivity contribution in [2.45, 2.75) is 31.8 Å². The number of nitrogens with one attached hydrogen (secondary N) is 1. The second-order valence-corrected chi connectivity index (χ2v) is 6.60. The highest BCUT2D eigenvalue weighted by atomic mass is 32.2. The van der Waals surface area contributed by atoms with Crippen molar-refractivity contribution in [1.82, 2.24) is 10.2 Å². The zero-order valence-corrected chi connectivity index (χ0v) is 11.6. The molecule has 1 unspecified atom stereocenters. The molecule has 2 fully saturated rings. The average molecular weight is 258 g/mol. The summed E-state index contributed by atoms with van der Waals surface area (Å²) < 4.78 is 0. The van der Waals surface area contributed by atoms with Crippen LogP contribution >= 0.6 is 11.8 Å². The Morgan fingerprint density at radius 3 is 2.65 bits per heavy atom. The van der Waals surface area contributed by atoms with E-state index in [1.54, 1.807) is 0 Å². The molecule has 1 atom stereocenters. The van der Waals surface area contributed by atoms with Crippen LogP contribution in [0.3, 0.4) is 0 Å². The van der Waals surface area contributed by atoms with Gasteiger partial charge in [0.1, 0.15) is 0 Å². The van der Waals surface area contributed by atoms with Crippen LogP contribution < -0.4 is 5.32 Å². The first kappa shape index (κ1) is 13.7. The molecule has 0 saturated carbocycles. The molecule has 0 aromatic heterocycles. The summed E-state index contributed by atoms with van der Waals surface area (Å²) in [5, 5.41) is 13.4. The van der Waals surface area contributed by atoms with Crippen molar-refractivity contribution in [2.75, 3.05) is 44.2 Å². The van der Waals surface area contributed by atoms with Crippen LogP contribution in [-0.2, 0) is 0 Å². The quantitative estimate of drug-likeness (QED) is 0.750. The van der Waals surface area contributed by atoms with Gasteiger partial charge in [-0.1, -0.05) is 0 Å². The van der Waals surface area contributed by atoms with Gasteiger partial charge in [0.2, 0.25) is 0 Å². The van der Waals surface area contributed by atoms with Crippen molar-refractivity contribution in [3.8, 4) is 0 Å². The molecule has 2 aliphatic rings. The van der Waals surface area contributed by atoms with Crippen molar-refractivity contribution in [3.05, 3.63) is 0 Å². The molecule has 0 aromatic rings. The minimum Gasteiger partial charge on any atom is -0.390 e. The van der Waals surface area contributed by atoms with E-state index in [2.05, 4.69) is 22.0 Å². The lowest BCUT2D eigenvalue weighted by molar-refractivity contribution is 0.122. The van der Waals surface area contributed by atoms with E-state index in [9.17, 15) is 5.11 Å². The maximum Gasteiger partial charge on any atom is 0.0791 e. The molecule has 3 nitrogen and oxygen atoms in total. The first-order chi connectivity index (χ1) is 8.34. The third-order valence-electron chi connectivity index (χ3n) is 3.82. The summed E-state index contributed by atoms with van der Waals surface area (Å²) in [5.41, 5.74) is 0. The lowest BCUT2D eigenvalue weighted by Crippen LogP contribution is -2.38. The van der Waals surface area contributed by atoms with E-state index in [-0.39, 0.29) is 6.10 Å². The van der Waals surface area contributed by atoms with E-state index in [0.717, 1.165) is 25.6 Å². The van der Waals surface area contributed by atoms with Crippen LogP contribution in [0.25, 0.3) is 0 Å². The van der Waals surface area contributed by atoms with Crippen LogP contribution in [0.2, 0.25) is 0 Å². The summed E-state index contributed by atoms with van der Waals surface area (Å²) in [6.45, 7) is 5.07. The zero-order valence-electron chi connectivity index (χ0n) is 10.7. The number of nitrogens with zero attached hydrogens (tertiary/aromatic N) is 1. The second kappa shape index (κ2) is 7.62. The molecule has 0 bridgehead atoms. The third-order valence-corrected chi connectivity index (χ3v) is 4.87. The number of β-amino-alcohol motifs (C(OH)–C–C–N with tert-alkyl or cyclic N) is 1. The minimum atomic E-state index is -0.189. The predicted molar refractivity (Wildman–Crippen MR) is 74.6 cm³/mol. The maximum absolute atomic E-state index is 9.93. The molecule has 2 N–H and O–H groups in total. The summed E-state index contributed by atoms with van der Waals surface area (Å²) >= 11 is 2.08. The van der Waals surface area contributed by atoms with Crippen molar-refractivity contribution >= 4 is 11.8 Å². The Hall–Kier alpha value is 0.230. The first-order valence-corrected chi connectivity index (χ1v) is 8.19. The van der Waals surface area contributed by atoms with Crippen molar-refractivity contribution in [2.24, 2.45) is 5.92 Å². The van der Waals surface area contributed by atoms with Gasteiger partial charge in [0.15, 0.2) is 0 Å². The smallest absolute Gasteiger partial charge is 0.0791 e. The Labute approximate surface area is 109 Å². The fourth-order valence-corrected chi connectivity index (χ4v) is 3.94. The van der Waals surface area contributed by atoms with E-state index in [1.165, 1.54) is 50.3 Å². The van der Waals surface area contributed by atoms with Gasteiger partial charge in [-0.25, -0.2) is 0 Å². The van der Waals surface area contributed by atoms with Gasteiger partial charge in [0.25, 0.3) is 0 Å². The molecular weight excluding hydrogens is 232 g/mol. The van der Waals surface area contributed by atoms with E-state index in [4.69, 9.17) is 0 Å². The summed E-state index contributed by atoms with van der Waals surface area (Å²) in [6, 6.07) is 0. The molecular formula is C13H26N2OS. The van der Waals surface area contributed by atoms with E-state index < -0.39 is 0 Å². The van der Waals surface area contributed by atoms with Crippen LogP contribution in [0.5, 0.6) is 0 Å². The van der Waals surface area contributed by atoms with Gasteiger partial charge in [-0.2, -0.15) is 11.8 Å². The normalized spacial score (nSPS) is 25.2. The Morgan fingerprint density at radius 2 is 1.94 bits per heavy atom. The Kier molecular flexibility index (Phi) is 6.12. The molecule has 0 aliphatic carbocycles. The number of thioether (sulfide) groups is 1. The fourth-order valence-electron chi connectivity index (χ4n) is 2.73. The number of aliphatic hydroxyl groups excluding tert-OH is 1. The SMILES string of the molecule is OC(CNCC1CCSCC1)CN1CCCC1. The second-order valence-electron chi connectivity index (χ2n) is 5.38. The number of hydrogen-bond donors (Lipinski definition) is 2. The molecule has 0 radical (unpaired) electrons. The predicted octanol–water partition coefficient (Wildman–Crippen LogP) is 1.18. The third kappa shape index (κ3) is 5.16. The molecule has 2 saturated heterocycles. The standard InChI is InChI=1S/C13H26N2OS/c16-13(11-15-5-1-2-6-15)10-14-9-12-3-7-17-8-4-12/h12-14,16H,1-11H2. The van der Waals surface area contributed by atoms with Crippen LogP contribution in [-0.4, -0.2) is 60.3 Å². The summed E-state index contributed by atoms with van der Waals surface area (Å²) in [4.78, 5) is 2.38. The van der Waals surface area contributed by atoms with Crippen LogP contribution in [0.1, 0.15) is 25.7 Å². The van der Waals surface area contributed by atoms with Gasteiger partial charge in [-0.15, -0.1) is 0 Å². The molecule has 0 amide bonds. The Bertz CT molecular complexity index is 204. The molecule has 17 heavy (non-hydrogen) atoms. The van der Waals surface area contributed by atoms with Gasteiger partial charge >= 0.3 is 0 Å². The van der Waals surface area contributed by atoms with Gasteiger partial charge in [0, 0.05) is 13.1 Å². The lowest BCUT2D eigenvalue weighted by Gasteiger charge is -2.23. The molecule has 0 spiro atoms. The Balaban J connectivity index is 1.51. The average Bonchev–Trinajstić information content (AvgIpc) is 2.83. The van der Waals surface area contributed by atoms with Gasteiger partial charge in [-0.05, 0) is 62.7 Å². The van der Waals surface area contributed by atoms with Gasteiger partial charge < -0.3 is 15.3 Å². The zero-order chi connectivity index (χ0) is 11.9. The van der Waals surface area contributed by atoms with Crippen LogP contribution in [0.15, 0.2) is 0 Å². The highest BCUT2D eigenvalue weighted by Crippen LogP contribution is 2.21. The summed E-state index contributed by atoms with van der Waals surface area (Å²) in [6.07, 6.45) is 5.12. The highest BCUT2D eigenvalue weighted by Gasteiger charge is 2.17. The first-order valence-electron chi connectivity index (χ1n) is 7.03. The van der Waals surface area contributed by atoms with E-state index in [0.29, 0.717) is 0 Å². The fraction of sp³-hybridized carbons (Fsp3) is 1.00. The molecule has 100 valence electrons. The van der Waals surface area contributed by atoms with Crippen LogP contribution in [0, 0.1) is 5.92 Å². The van der Waals surface area contributed by atoms with Gasteiger partial charge in [0.05, 0.1) is 6.10 Å². The topological polar surface area (TPSA) is 35.5 Å². The maximum atomic E-state index is 9.93.